The van der Waals surface area contributed by atoms with Crippen molar-refractivity contribution in [2.45, 2.75) is 26.2 Å². The van der Waals surface area contributed by atoms with Crippen molar-refractivity contribution in [3.8, 4) is 0 Å². The summed E-state index contributed by atoms with van der Waals surface area (Å²) in [5.41, 5.74) is 5.94. The SMILES string of the molecule is CCCCc1c[nH]n(C(N)=S)c1=O. The maximum atomic E-state index is 11.5. The van der Waals surface area contributed by atoms with Crippen LogP contribution >= 0.6 is 12.2 Å². The maximum absolute atomic E-state index is 11.5. The average molecular weight is 199 g/mol. The normalized spacial score (nSPS) is 10.2. The lowest BCUT2D eigenvalue weighted by atomic mass is 10.2. The van der Waals surface area contributed by atoms with E-state index >= 15 is 0 Å². The first-order valence-electron chi connectivity index (χ1n) is 4.26. The number of unbranched alkanes of at least 4 members (excludes halogenated alkanes) is 1. The highest BCUT2D eigenvalue weighted by atomic mass is 32.1. The smallest absolute Gasteiger partial charge is 0.276 e. The molecular formula is C8H13N3OS. The first-order chi connectivity index (χ1) is 6.16. The summed E-state index contributed by atoms with van der Waals surface area (Å²) >= 11 is 4.68. The predicted molar refractivity (Wildman–Crippen MR) is 55.8 cm³/mol. The molecule has 0 amide bonds. The van der Waals surface area contributed by atoms with E-state index < -0.39 is 0 Å². The molecule has 0 saturated carbocycles. The Morgan fingerprint density at radius 2 is 2.46 bits per heavy atom. The van der Waals surface area contributed by atoms with Gasteiger partial charge in [-0.3, -0.25) is 9.89 Å². The monoisotopic (exact) mass is 199 g/mol. The van der Waals surface area contributed by atoms with Crippen LogP contribution in [0, 0.1) is 0 Å². The third-order valence-electron chi connectivity index (χ3n) is 1.87. The summed E-state index contributed by atoms with van der Waals surface area (Å²) in [6, 6.07) is 0. The van der Waals surface area contributed by atoms with E-state index in [1.54, 1.807) is 6.20 Å². The van der Waals surface area contributed by atoms with Gasteiger partial charge in [-0.15, -0.1) is 0 Å². The van der Waals surface area contributed by atoms with Crippen LogP contribution in [0.2, 0.25) is 0 Å². The topological polar surface area (TPSA) is 63.8 Å². The van der Waals surface area contributed by atoms with Crippen LogP contribution in [-0.2, 0) is 6.42 Å². The lowest BCUT2D eigenvalue weighted by Crippen LogP contribution is -2.30. The minimum Gasteiger partial charge on any atom is -0.374 e. The molecule has 0 saturated heterocycles. The largest absolute Gasteiger partial charge is 0.374 e. The summed E-state index contributed by atoms with van der Waals surface area (Å²) in [5, 5.41) is 2.78. The van der Waals surface area contributed by atoms with E-state index in [0.29, 0.717) is 0 Å². The predicted octanol–water partition coefficient (Wildman–Crippen LogP) is 0.611. The maximum Gasteiger partial charge on any atom is 0.276 e. The van der Waals surface area contributed by atoms with Gasteiger partial charge in [-0.05, 0) is 25.1 Å². The average Bonchev–Trinajstić information content (AvgIpc) is 2.43. The molecule has 0 unspecified atom stereocenters. The van der Waals surface area contributed by atoms with Crippen LogP contribution in [0.3, 0.4) is 0 Å². The van der Waals surface area contributed by atoms with Crippen LogP contribution in [0.25, 0.3) is 0 Å². The van der Waals surface area contributed by atoms with Crippen LogP contribution in [0.4, 0.5) is 0 Å². The number of nitrogens with two attached hydrogens (primary N) is 1. The van der Waals surface area contributed by atoms with Crippen LogP contribution in [0.1, 0.15) is 25.3 Å². The zero-order valence-electron chi connectivity index (χ0n) is 7.54. The number of hydrogen-bond acceptors (Lipinski definition) is 2. The Bertz CT molecular complexity index is 353. The minimum absolute atomic E-state index is 0.0627. The van der Waals surface area contributed by atoms with E-state index in [4.69, 9.17) is 5.73 Å². The van der Waals surface area contributed by atoms with Gasteiger partial charge in [-0.1, -0.05) is 13.3 Å². The van der Waals surface area contributed by atoms with Crippen molar-refractivity contribution in [1.82, 2.24) is 9.78 Å². The van der Waals surface area contributed by atoms with Crippen molar-refractivity contribution in [3.63, 3.8) is 0 Å². The number of H-pyrrole nitrogens is 1. The molecule has 3 N–H and O–H groups in total. The number of thiocarbonyl (C=S) groups is 1. The highest BCUT2D eigenvalue weighted by Crippen LogP contribution is 1.97. The number of nitrogens with zero attached hydrogens (tertiary/aromatic N) is 1. The number of nitrogens with one attached hydrogen (secondary N) is 1. The van der Waals surface area contributed by atoms with Crippen LogP contribution in [0.15, 0.2) is 11.0 Å². The summed E-state index contributed by atoms with van der Waals surface area (Å²) < 4.78 is 1.18. The van der Waals surface area contributed by atoms with E-state index in [1.807, 2.05) is 0 Å². The molecule has 5 heteroatoms. The molecule has 0 spiro atoms. The summed E-state index contributed by atoms with van der Waals surface area (Å²) in [6.07, 6.45) is 4.51. The zero-order chi connectivity index (χ0) is 9.84. The molecule has 0 bridgehead atoms. The highest BCUT2D eigenvalue weighted by Gasteiger charge is 2.06. The van der Waals surface area contributed by atoms with Gasteiger partial charge in [0.05, 0.1) is 0 Å². The first kappa shape index (κ1) is 9.98. The summed E-state index contributed by atoms with van der Waals surface area (Å²) in [7, 11) is 0. The molecule has 0 aliphatic carbocycles. The van der Waals surface area contributed by atoms with E-state index in [2.05, 4.69) is 24.2 Å². The third-order valence-corrected chi connectivity index (χ3v) is 2.05. The van der Waals surface area contributed by atoms with Crippen LogP contribution in [0.5, 0.6) is 0 Å². The first-order valence-corrected chi connectivity index (χ1v) is 4.66. The molecule has 1 heterocycles. The summed E-state index contributed by atoms with van der Waals surface area (Å²) in [6.45, 7) is 2.08. The zero-order valence-corrected chi connectivity index (χ0v) is 8.36. The molecule has 0 aliphatic heterocycles. The molecule has 1 aromatic heterocycles. The second-order valence-corrected chi connectivity index (χ2v) is 3.30. The molecule has 0 aliphatic rings. The lowest BCUT2D eigenvalue weighted by molar-refractivity contribution is 0.789. The molecule has 0 radical (unpaired) electrons. The summed E-state index contributed by atoms with van der Waals surface area (Å²) in [5.74, 6) is 0. The molecular weight excluding hydrogens is 186 g/mol. The minimum atomic E-state index is -0.124. The van der Waals surface area contributed by atoms with E-state index in [1.165, 1.54) is 4.68 Å². The van der Waals surface area contributed by atoms with Crippen molar-refractivity contribution in [2.24, 2.45) is 5.73 Å². The fourth-order valence-electron chi connectivity index (χ4n) is 1.12. The molecule has 0 aromatic carbocycles. The number of rotatable bonds is 3. The Balaban J connectivity index is 2.87. The van der Waals surface area contributed by atoms with Crippen molar-refractivity contribution in [2.75, 3.05) is 0 Å². The highest BCUT2D eigenvalue weighted by molar-refractivity contribution is 7.80. The van der Waals surface area contributed by atoms with Gasteiger partial charge in [0.25, 0.3) is 5.56 Å². The van der Waals surface area contributed by atoms with E-state index in [0.717, 1.165) is 24.8 Å². The van der Waals surface area contributed by atoms with Gasteiger partial charge in [-0.2, -0.15) is 4.68 Å². The van der Waals surface area contributed by atoms with Crippen molar-refractivity contribution < 1.29 is 0 Å². The van der Waals surface area contributed by atoms with Crippen molar-refractivity contribution in [1.29, 1.82) is 0 Å². The van der Waals surface area contributed by atoms with Gasteiger partial charge >= 0.3 is 0 Å². The van der Waals surface area contributed by atoms with Crippen molar-refractivity contribution >= 4 is 17.3 Å². The Labute approximate surface area is 81.7 Å². The standard InChI is InChI=1S/C8H13N3OS/c1-2-3-4-6-5-10-11(7(6)12)8(9)13/h5,10H,2-4H2,1H3,(H2,9,13). The molecule has 4 nitrogen and oxygen atoms in total. The second-order valence-electron chi connectivity index (χ2n) is 2.88. The van der Waals surface area contributed by atoms with E-state index in [9.17, 15) is 4.79 Å². The number of aryl methyl sites for hydroxylation is 1. The molecule has 0 fully saturated rings. The molecule has 0 atom stereocenters. The van der Waals surface area contributed by atoms with Gasteiger partial charge in [0.1, 0.15) is 0 Å². The quantitative estimate of drug-likeness (QED) is 0.701. The summed E-state index contributed by atoms with van der Waals surface area (Å²) in [4.78, 5) is 11.5. The lowest BCUT2D eigenvalue weighted by Gasteiger charge is -1.94. The Morgan fingerprint density at radius 1 is 1.77 bits per heavy atom. The fraction of sp³-hybridized carbons (Fsp3) is 0.500. The van der Waals surface area contributed by atoms with Crippen LogP contribution in [-0.4, -0.2) is 14.9 Å². The van der Waals surface area contributed by atoms with E-state index in [-0.39, 0.29) is 10.7 Å². The van der Waals surface area contributed by atoms with Crippen molar-refractivity contribution in [3.05, 3.63) is 22.1 Å². The Morgan fingerprint density at radius 3 is 2.92 bits per heavy atom. The van der Waals surface area contributed by atoms with Crippen LogP contribution < -0.4 is 11.3 Å². The van der Waals surface area contributed by atoms with Gasteiger partial charge in [0.15, 0.2) is 5.11 Å². The molecule has 13 heavy (non-hydrogen) atoms. The third kappa shape index (κ3) is 2.18. The van der Waals surface area contributed by atoms with Gasteiger partial charge in [-0.25, -0.2) is 0 Å². The number of aromatic amines is 1. The van der Waals surface area contributed by atoms with Gasteiger partial charge in [0.2, 0.25) is 0 Å². The number of hydrogen-bond donors (Lipinski definition) is 2. The van der Waals surface area contributed by atoms with Gasteiger partial charge in [0, 0.05) is 11.8 Å². The second kappa shape index (κ2) is 4.23. The number of aromatic nitrogens is 2. The molecule has 1 rings (SSSR count). The fourth-order valence-corrected chi connectivity index (χ4v) is 1.25. The van der Waals surface area contributed by atoms with Gasteiger partial charge < -0.3 is 5.73 Å². The molecule has 72 valence electrons. The Hall–Kier alpha value is -1.10. The molecule has 1 aromatic rings. The Kier molecular flexibility index (Phi) is 3.25.